The van der Waals surface area contributed by atoms with Crippen molar-refractivity contribution in [3.63, 3.8) is 0 Å². The van der Waals surface area contributed by atoms with Crippen molar-refractivity contribution < 1.29 is 9.53 Å². The standard InChI is InChI=1S/C13H13N3O2/c1-18-10-6-4-9(5-7-10)16-13(17)11-3-2-8-15-12(11)14/h2-8H,1H3,(H2,14,15)(H,16,17). The zero-order chi connectivity index (χ0) is 13.0. The summed E-state index contributed by atoms with van der Waals surface area (Å²) in [6, 6.07) is 10.3. The van der Waals surface area contributed by atoms with Gasteiger partial charge < -0.3 is 15.8 Å². The van der Waals surface area contributed by atoms with Crippen molar-refractivity contribution in [2.45, 2.75) is 0 Å². The SMILES string of the molecule is COc1ccc(NC(=O)c2cccnc2N)cc1. The van der Waals surface area contributed by atoms with Crippen molar-refractivity contribution >= 4 is 17.4 Å². The summed E-state index contributed by atoms with van der Waals surface area (Å²) in [5.74, 6) is 0.656. The van der Waals surface area contributed by atoms with Crippen LogP contribution in [-0.2, 0) is 0 Å². The van der Waals surface area contributed by atoms with Crippen LogP contribution in [0.25, 0.3) is 0 Å². The number of pyridine rings is 1. The number of amides is 1. The van der Waals surface area contributed by atoms with E-state index in [1.54, 1.807) is 49.7 Å². The first-order valence-electron chi connectivity index (χ1n) is 5.36. The van der Waals surface area contributed by atoms with Gasteiger partial charge in [0.2, 0.25) is 0 Å². The molecule has 5 nitrogen and oxygen atoms in total. The highest BCUT2D eigenvalue weighted by Gasteiger charge is 2.09. The second-order valence-corrected chi connectivity index (χ2v) is 3.62. The minimum atomic E-state index is -0.286. The van der Waals surface area contributed by atoms with E-state index in [-0.39, 0.29) is 11.7 Å². The maximum atomic E-state index is 11.9. The number of carbonyl (C=O) groups is 1. The van der Waals surface area contributed by atoms with Gasteiger partial charge in [-0.25, -0.2) is 4.98 Å². The topological polar surface area (TPSA) is 77.2 Å². The van der Waals surface area contributed by atoms with Gasteiger partial charge in [0.05, 0.1) is 12.7 Å². The largest absolute Gasteiger partial charge is 0.497 e. The fourth-order valence-corrected chi connectivity index (χ4v) is 1.48. The Bertz CT molecular complexity index is 552. The maximum absolute atomic E-state index is 11.9. The molecule has 2 aromatic rings. The molecule has 1 aromatic heterocycles. The smallest absolute Gasteiger partial charge is 0.259 e. The van der Waals surface area contributed by atoms with Gasteiger partial charge in [-0.1, -0.05) is 0 Å². The number of aromatic nitrogens is 1. The summed E-state index contributed by atoms with van der Waals surface area (Å²) in [4.78, 5) is 15.8. The van der Waals surface area contributed by atoms with Gasteiger partial charge in [0.15, 0.2) is 0 Å². The van der Waals surface area contributed by atoms with Crippen LogP contribution in [0.3, 0.4) is 0 Å². The highest BCUT2D eigenvalue weighted by Crippen LogP contribution is 2.16. The van der Waals surface area contributed by atoms with Crippen LogP contribution in [0.2, 0.25) is 0 Å². The fourth-order valence-electron chi connectivity index (χ4n) is 1.48. The first-order chi connectivity index (χ1) is 8.70. The Morgan fingerprint density at radius 3 is 2.61 bits per heavy atom. The molecule has 0 saturated carbocycles. The lowest BCUT2D eigenvalue weighted by molar-refractivity contribution is 0.102. The van der Waals surface area contributed by atoms with Gasteiger partial charge in [-0.15, -0.1) is 0 Å². The lowest BCUT2D eigenvalue weighted by Gasteiger charge is -2.07. The van der Waals surface area contributed by atoms with Crippen LogP contribution >= 0.6 is 0 Å². The van der Waals surface area contributed by atoms with Gasteiger partial charge in [-0.3, -0.25) is 4.79 Å². The molecule has 0 saturated heterocycles. The normalized spacial score (nSPS) is 9.83. The Morgan fingerprint density at radius 2 is 2.00 bits per heavy atom. The Labute approximate surface area is 105 Å². The van der Waals surface area contributed by atoms with Crippen molar-refractivity contribution in [2.24, 2.45) is 0 Å². The number of ether oxygens (including phenoxy) is 1. The van der Waals surface area contributed by atoms with Gasteiger partial charge in [0.25, 0.3) is 5.91 Å². The molecule has 0 bridgehead atoms. The molecule has 0 fully saturated rings. The molecule has 92 valence electrons. The Hall–Kier alpha value is -2.56. The molecule has 18 heavy (non-hydrogen) atoms. The average molecular weight is 243 g/mol. The van der Waals surface area contributed by atoms with Gasteiger partial charge in [0.1, 0.15) is 11.6 Å². The monoisotopic (exact) mass is 243 g/mol. The number of rotatable bonds is 3. The van der Waals surface area contributed by atoms with Gasteiger partial charge >= 0.3 is 0 Å². The third-order valence-corrected chi connectivity index (χ3v) is 2.43. The van der Waals surface area contributed by atoms with Crippen LogP contribution in [0.15, 0.2) is 42.6 Å². The van der Waals surface area contributed by atoms with Crippen molar-refractivity contribution in [3.05, 3.63) is 48.2 Å². The van der Waals surface area contributed by atoms with E-state index in [4.69, 9.17) is 10.5 Å². The van der Waals surface area contributed by atoms with Gasteiger partial charge in [-0.2, -0.15) is 0 Å². The number of carbonyl (C=O) groups excluding carboxylic acids is 1. The van der Waals surface area contributed by atoms with Crippen molar-refractivity contribution in [2.75, 3.05) is 18.2 Å². The lowest BCUT2D eigenvalue weighted by atomic mass is 10.2. The predicted molar refractivity (Wildman–Crippen MR) is 69.6 cm³/mol. The third kappa shape index (κ3) is 2.57. The second-order valence-electron chi connectivity index (χ2n) is 3.62. The van der Waals surface area contributed by atoms with E-state index in [1.165, 1.54) is 0 Å². The van der Waals surface area contributed by atoms with Gasteiger partial charge in [0, 0.05) is 11.9 Å². The molecule has 0 aliphatic heterocycles. The molecular formula is C13H13N3O2. The fraction of sp³-hybridized carbons (Fsp3) is 0.0769. The quantitative estimate of drug-likeness (QED) is 0.863. The van der Waals surface area contributed by atoms with E-state index < -0.39 is 0 Å². The maximum Gasteiger partial charge on any atom is 0.259 e. The molecule has 1 amide bonds. The summed E-state index contributed by atoms with van der Waals surface area (Å²) in [5.41, 5.74) is 6.65. The van der Waals surface area contributed by atoms with E-state index in [0.29, 0.717) is 11.3 Å². The second kappa shape index (κ2) is 5.18. The molecule has 0 spiro atoms. The first kappa shape index (κ1) is 11.9. The molecule has 1 heterocycles. The molecule has 2 rings (SSSR count). The zero-order valence-corrected chi connectivity index (χ0v) is 9.88. The van der Waals surface area contributed by atoms with Crippen LogP contribution in [0.1, 0.15) is 10.4 Å². The summed E-state index contributed by atoms with van der Waals surface area (Å²) >= 11 is 0. The summed E-state index contributed by atoms with van der Waals surface area (Å²) < 4.78 is 5.04. The minimum Gasteiger partial charge on any atom is -0.497 e. The van der Waals surface area contributed by atoms with Crippen molar-refractivity contribution in [1.29, 1.82) is 0 Å². The molecule has 0 aliphatic rings. The molecule has 0 radical (unpaired) electrons. The van der Waals surface area contributed by atoms with Crippen LogP contribution in [0, 0.1) is 0 Å². The zero-order valence-electron chi connectivity index (χ0n) is 9.88. The summed E-state index contributed by atoms with van der Waals surface area (Å²) in [5, 5.41) is 2.74. The first-order valence-corrected chi connectivity index (χ1v) is 5.36. The van der Waals surface area contributed by atoms with E-state index in [1.807, 2.05) is 0 Å². The van der Waals surface area contributed by atoms with Crippen LogP contribution in [0.4, 0.5) is 11.5 Å². The Balaban J connectivity index is 2.14. The molecule has 3 N–H and O–H groups in total. The number of hydrogen-bond donors (Lipinski definition) is 2. The third-order valence-electron chi connectivity index (χ3n) is 2.43. The number of anilines is 2. The molecule has 0 atom stereocenters. The molecule has 0 aliphatic carbocycles. The average Bonchev–Trinajstić information content (AvgIpc) is 2.40. The van der Waals surface area contributed by atoms with E-state index in [2.05, 4.69) is 10.3 Å². The molecular weight excluding hydrogens is 230 g/mol. The Kier molecular flexibility index (Phi) is 3.43. The molecule has 0 unspecified atom stereocenters. The molecule has 5 heteroatoms. The number of nitrogen functional groups attached to an aromatic ring is 1. The highest BCUT2D eigenvalue weighted by molar-refractivity contribution is 6.07. The molecule has 1 aromatic carbocycles. The van der Waals surface area contributed by atoms with Crippen molar-refractivity contribution in [1.82, 2.24) is 4.98 Å². The summed E-state index contributed by atoms with van der Waals surface area (Å²) in [6.07, 6.45) is 1.54. The van der Waals surface area contributed by atoms with Crippen LogP contribution < -0.4 is 15.8 Å². The number of nitrogens with zero attached hydrogens (tertiary/aromatic N) is 1. The van der Waals surface area contributed by atoms with E-state index in [9.17, 15) is 4.79 Å². The van der Waals surface area contributed by atoms with Gasteiger partial charge in [-0.05, 0) is 36.4 Å². The minimum absolute atomic E-state index is 0.212. The number of hydrogen-bond acceptors (Lipinski definition) is 4. The number of nitrogens with one attached hydrogen (secondary N) is 1. The van der Waals surface area contributed by atoms with E-state index in [0.717, 1.165) is 5.75 Å². The number of benzene rings is 1. The van der Waals surface area contributed by atoms with Crippen LogP contribution in [0.5, 0.6) is 5.75 Å². The number of nitrogens with two attached hydrogens (primary N) is 1. The summed E-state index contributed by atoms with van der Waals surface area (Å²) in [6.45, 7) is 0. The van der Waals surface area contributed by atoms with E-state index >= 15 is 0 Å². The highest BCUT2D eigenvalue weighted by atomic mass is 16.5. The number of methoxy groups -OCH3 is 1. The van der Waals surface area contributed by atoms with Crippen molar-refractivity contribution in [3.8, 4) is 5.75 Å². The Morgan fingerprint density at radius 1 is 1.28 bits per heavy atom. The van der Waals surface area contributed by atoms with Crippen LogP contribution in [-0.4, -0.2) is 18.0 Å². The summed E-state index contributed by atoms with van der Waals surface area (Å²) in [7, 11) is 1.59. The lowest BCUT2D eigenvalue weighted by Crippen LogP contribution is -2.14. The predicted octanol–water partition coefficient (Wildman–Crippen LogP) is 1.92.